The molecular weight excluding hydrogens is 392 g/mol. The van der Waals surface area contributed by atoms with Crippen LogP contribution >= 0.6 is 0 Å². The van der Waals surface area contributed by atoms with Gasteiger partial charge in [-0.1, -0.05) is 12.1 Å². The lowest BCUT2D eigenvalue weighted by molar-refractivity contribution is -0.385. The Labute approximate surface area is 172 Å². The summed E-state index contributed by atoms with van der Waals surface area (Å²) in [5.41, 5.74) is 1.66. The fourth-order valence-corrected chi connectivity index (χ4v) is 4.12. The van der Waals surface area contributed by atoms with Gasteiger partial charge in [0, 0.05) is 54.8 Å². The van der Waals surface area contributed by atoms with Crippen LogP contribution in [-0.2, 0) is 13.1 Å². The molecule has 1 aromatic heterocycles. The molecule has 1 aliphatic heterocycles. The minimum absolute atomic E-state index is 0.0440. The molecule has 0 radical (unpaired) electrons. The molecule has 1 atom stereocenters. The number of methoxy groups -OCH3 is 1. The van der Waals surface area contributed by atoms with Crippen molar-refractivity contribution in [2.24, 2.45) is 0 Å². The van der Waals surface area contributed by atoms with E-state index in [1.54, 1.807) is 12.1 Å². The summed E-state index contributed by atoms with van der Waals surface area (Å²) in [6.45, 7) is 1.64. The number of hydrogen-bond donors (Lipinski definition) is 0. The number of nitro groups is 1. The minimum Gasteiger partial charge on any atom is -0.496 e. The van der Waals surface area contributed by atoms with Gasteiger partial charge in [0.2, 0.25) is 0 Å². The zero-order valence-corrected chi connectivity index (χ0v) is 16.4. The van der Waals surface area contributed by atoms with Gasteiger partial charge in [-0.05, 0) is 30.7 Å². The highest BCUT2D eigenvalue weighted by atomic mass is 19.2. The van der Waals surface area contributed by atoms with Gasteiger partial charge >= 0.3 is 0 Å². The summed E-state index contributed by atoms with van der Waals surface area (Å²) < 4.78 is 36.3. The molecule has 4 rings (SSSR count). The van der Waals surface area contributed by atoms with Gasteiger partial charge in [0.1, 0.15) is 5.75 Å². The first-order valence-electron chi connectivity index (χ1n) is 9.64. The third kappa shape index (κ3) is 3.66. The predicted octanol–water partition coefficient (Wildman–Crippen LogP) is 4.68. The third-order valence-corrected chi connectivity index (χ3v) is 5.48. The van der Waals surface area contributed by atoms with Gasteiger partial charge in [0.25, 0.3) is 5.69 Å². The maximum Gasteiger partial charge on any atom is 0.270 e. The molecule has 2 heterocycles. The molecule has 0 amide bonds. The summed E-state index contributed by atoms with van der Waals surface area (Å²) >= 11 is 0. The second-order valence-corrected chi connectivity index (χ2v) is 7.25. The molecular formula is C22H21F2N3O3. The summed E-state index contributed by atoms with van der Waals surface area (Å²) in [7, 11) is 1.50. The molecule has 0 spiro atoms. The van der Waals surface area contributed by atoms with Crippen molar-refractivity contribution in [2.45, 2.75) is 25.6 Å². The number of fused-ring (bicyclic) bond motifs is 1. The first kappa shape index (κ1) is 20.0. The second-order valence-electron chi connectivity index (χ2n) is 7.25. The number of non-ortho nitro benzene ring substituents is 1. The van der Waals surface area contributed by atoms with E-state index in [-0.39, 0.29) is 17.8 Å². The number of nitrogens with zero attached hydrogens (tertiary/aromatic N) is 3. The van der Waals surface area contributed by atoms with Crippen molar-refractivity contribution < 1.29 is 18.4 Å². The standard InChI is InChI=1S/C22H21F2N3O3/c1-30-20-9-8-16(27(28)29)13-15(20)14-26-12-4-11-25-10-3-7-19(25)22(26)17-5-2-6-18(23)21(17)24/h2-3,5-10,13,22H,4,11-12,14H2,1H3/t22-/m0/s1. The maximum atomic E-state index is 14.8. The van der Waals surface area contributed by atoms with Crippen molar-refractivity contribution >= 4 is 5.69 Å². The van der Waals surface area contributed by atoms with E-state index in [4.69, 9.17) is 4.74 Å². The molecule has 0 saturated heterocycles. The Morgan fingerprint density at radius 2 is 2.00 bits per heavy atom. The molecule has 2 aromatic carbocycles. The monoisotopic (exact) mass is 413 g/mol. The van der Waals surface area contributed by atoms with Crippen LogP contribution in [0.25, 0.3) is 0 Å². The van der Waals surface area contributed by atoms with Crippen LogP contribution in [0.1, 0.15) is 29.3 Å². The predicted molar refractivity (Wildman–Crippen MR) is 107 cm³/mol. The quantitative estimate of drug-likeness (QED) is 0.450. The van der Waals surface area contributed by atoms with Crippen molar-refractivity contribution in [3.8, 4) is 5.75 Å². The fourth-order valence-electron chi connectivity index (χ4n) is 4.12. The van der Waals surface area contributed by atoms with Crippen LogP contribution in [0.2, 0.25) is 0 Å². The van der Waals surface area contributed by atoms with Gasteiger partial charge in [-0.2, -0.15) is 0 Å². The highest BCUT2D eigenvalue weighted by molar-refractivity contribution is 5.44. The minimum atomic E-state index is -0.900. The van der Waals surface area contributed by atoms with Gasteiger partial charge in [0.05, 0.1) is 18.1 Å². The number of ether oxygens (including phenoxy) is 1. The number of aromatic nitrogens is 1. The third-order valence-electron chi connectivity index (χ3n) is 5.48. The molecule has 0 aliphatic carbocycles. The van der Waals surface area contributed by atoms with Crippen LogP contribution in [0.5, 0.6) is 5.75 Å². The first-order chi connectivity index (χ1) is 14.5. The van der Waals surface area contributed by atoms with Crippen LogP contribution in [0.3, 0.4) is 0 Å². The Morgan fingerprint density at radius 3 is 2.77 bits per heavy atom. The Balaban J connectivity index is 1.81. The molecule has 30 heavy (non-hydrogen) atoms. The zero-order valence-electron chi connectivity index (χ0n) is 16.4. The van der Waals surface area contributed by atoms with E-state index in [0.717, 1.165) is 24.7 Å². The van der Waals surface area contributed by atoms with Crippen molar-refractivity contribution in [3.63, 3.8) is 0 Å². The van der Waals surface area contributed by atoms with Gasteiger partial charge in [0.15, 0.2) is 11.6 Å². The summed E-state index contributed by atoms with van der Waals surface area (Å²) in [6.07, 6.45) is 2.73. The van der Waals surface area contributed by atoms with E-state index < -0.39 is 22.6 Å². The molecule has 0 fully saturated rings. The normalized spacial score (nSPS) is 16.7. The molecule has 3 aromatic rings. The fraction of sp³-hybridized carbons (Fsp3) is 0.273. The maximum absolute atomic E-state index is 14.8. The smallest absolute Gasteiger partial charge is 0.270 e. The van der Waals surface area contributed by atoms with Crippen molar-refractivity contribution in [1.29, 1.82) is 0 Å². The van der Waals surface area contributed by atoms with Crippen LogP contribution in [-0.4, -0.2) is 28.0 Å². The highest BCUT2D eigenvalue weighted by Crippen LogP contribution is 2.36. The number of hydrogen-bond acceptors (Lipinski definition) is 4. The van der Waals surface area contributed by atoms with E-state index in [1.165, 1.54) is 25.3 Å². The second kappa shape index (κ2) is 8.23. The van der Waals surface area contributed by atoms with Crippen LogP contribution in [0, 0.1) is 21.7 Å². The average molecular weight is 413 g/mol. The Morgan fingerprint density at radius 1 is 1.17 bits per heavy atom. The van der Waals surface area contributed by atoms with E-state index in [1.807, 2.05) is 27.8 Å². The number of benzene rings is 2. The lowest BCUT2D eigenvalue weighted by atomic mass is 10.00. The lowest BCUT2D eigenvalue weighted by Gasteiger charge is -2.31. The molecule has 0 bridgehead atoms. The van der Waals surface area contributed by atoms with Gasteiger partial charge in [-0.3, -0.25) is 15.0 Å². The van der Waals surface area contributed by atoms with E-state index in [0.29, 0.717) is 17.9 Å². The number of rotatable bonds is 5. The molecule has 0 N–H and O–H groups in total. The molecule has 0 saturated carbocycles. The van der Waals surface area contributed by atoms with Gasteiger partial charge in [-0.15, -0.1) is 0 Å². The van der Waals surface area contributed by atoms with E-state index in [9.17, 15) is 18.9 Å². The first-order valence-corrected chi connectivity index (χ1v) is 9.64. The summed E-state index contributed by atoms with van der Waals surface area (Å²) in [4.78, 5) is 12.8. The summed E-state index contributed by atoms with van der Waals surface area (Å²) in [5.74, 6) is -1.27. The molecule has 0 unspecified atom stereocenters. The summed E-state index contributed by atoms with van der Waals surface area (Å²) in [6, 6.07) is 11.9. The largest absolute Gasteiger partial charge is 0.496 e. The van der Waals surface area contributed by atoms with Crippen LogP contribution in [0.15, 0.2) is 54.7 Å². The molecule has 1 aliphatic rings. The number of aryl methyl sites for hydroxylation is 1. The molecule has 6 nitrogen and oxygen atoms in total. The highest BCUT2D eigenvalue weighted by Gasteiger charge is 2.31. The number of halogens is 2. The van der Waals surface area contributed by atoms with E-state index >= 15 is 0 Å². The van der Waals surface area contributed by atoms with Crippen molar-refractivity contribution in [1.82, 2.24) is 9.47 Å². The van der Waals surface area contributed by atoms with Gasteiger partial charge in [-0.25, -0.2) is 8.78 Å². The number of nitro benzene ring substituents is 1. The Hall–Kier alpha value is -3.26. The Bertz CT molecular complexity index is 1080. The summed E-state index contributed by atoms with van der Waals surface area (Å²) in [5, 5.41) is 11.3. The zero-order chi connectivity index (χ0) is 21.3. The SMILES string of the molecule is COc1ccc([N+](=O)[O-])cc1CN1CCCn2cccc2[C@@H]1c1cccc(F)c1F. The Kier molecular flexibility index (Phi) is 5.50. The lowest BCUT2D eigenvalue weighted by Crippen LogP contribution is -2.30. The molecule has 156 valence electrons. The van der Waals surface area contributed by atoms with Crippen molar-refractivity contribution in [2.75, 3.05) is 13.7 Å². The van der Waals surface area contributed by atoms with Crippen molar-refractivity contribution in [3.05, 3.63) is 93.3 Å². The molecule has 8 heteroatoms. The topological polar surface area (TPSA) is 60.5 Å². The van der Waals surface area contributed by atoms with Crippen LogP contribution < -0.4 is 4.74 Å². The van der Waals surface area contributed by atoms with Gasteiger partial charge < -0.3 is 9.30 Å². The average Bonchev–Trinajstić information content (AvgIpc) is 3.12. The van der Waals surface area contributed by atoms with Crippen LogP contribution in [0.4, 0.5) is 14.5 Å². The van der Waals surface area contributed by atoms with E-state index in [2.05, 4.69) is 0 Å².